The van der Waals surface area contributed by atoms with Gasteiger partial charge in [-0.3, -0.25) is 0 Å². The molecule has 224 valence electrons. The van der Waals surface area contributed by atoms with Gasteiger partial charge in [0.25, 0.3) is 0 Å². The zero-order valence-electron chi connectivity index (χ0n) is 28.6. The van der Waals surface area contributed by atoms with Crippen LogP contribution in [0.1, 0.15) is 90.1 Å². The van der Waals surface area contributed by atoms with Crippen LogP contribution in [0.3, 0.4) is 0 Å². The van der Waals surface area contributed by atoms with Gasteiger partial charge in [-0.1, -0.05) is 104 Å². The molecule has 1 aliphatic rings. The number of aromatic nitrogens is 1. The van der Waals surface area contributed by atoms with Gasteiger partial charge in [-0.15, -0.1) is 0 Å². The molecular formula is C41H50NS+. The van der Waals surface area contributed by atoms with E-state index in [1.54, 1.807) is 0 Å². The number of hydrogen-bond donors (Lipinski definition) is 0. The highest BCUT2D eigenvalue weighted by Crippen LogP contribution is 2.53. The van der Waals surface area contributed by atoms with Gasteiger partial charge in [-0.05, 0) is 105 Å². The van der Waals surface area contributed by atoms with Gasteiger partial charge < -0.3 is 0 Å². The van der Waals surface area contributed by atoms with Gasteiger partial charge in [-0.2, -0.15) is 0 Å². The van der Waals surface area contributed by atoms with E-state index in [9.17, 15) is 0 Å². The standard InChI is InChI=1S/C41H50NS/c1-24-17-32-27(19-28(24)22-40(6,7)8)20-34-36-30(32)15-16-42(12)37(36)35-25(2)31-18-26(21-39(3,4)5)13-14-29(31)33(38(35)43-34)23-41(9,10)11/h13-20H,21-23H2,1-12H3/q+1. The van der Waals surface area contributed by atoms with Gasteiger partial charge in [0.05, 0.1) is 10.9 Å². The predicted molar refractivity (Wildman–Crippen MR) is 189 cm³/mol. The molecular weight excluding hydrogens is 539 g/mol. The number of fused-ring (bicyclic) bond motifs is 5. The molecule has 4 aromatic carbocycles. The molecule has 43 heavy (non-hydrogen) atoms. The summed E-state index contributed by atoms with van der Waals surface area (Å²) in [5, 5.41) is 8.38. The van der Waals surface area contributed by atoms with E-state index in [0.717, 1.165) is 19.3 Å². The maximum Gasteiger partial charge on any atom is 0.222 e. The average Bonchev–Trinajstić information content (AvgIpc) is 2.86. The third kappa shape index (κ3) is 5.61. The van der Waals surface area contributed by atoms with E-state index in [-0.39, 0.29) is 16.2 Å². The van der Waals surface area contributed by atoms with Gasteiger partial charge in [0.15, 0.2) is 6.20 Å². The van der Waals surface area contributed by atoms with Crippen molar-refractivity contribution < 1.29 is 4.57 Å². The van der Waals surface area contributed by atoms with Crippen LogP contribution in [0.25, 0.3) is 43.6 Å². The second kappa shape index (κ2) is 10.1. The zero-order valence-corrected chi connectivity index (χ0v) is 29.4. The van der Waals surface area contributed by atoms with Crippen molar-refractivity contribution in [3.8, 4) is 11.3 Å². The van der Waals surface area contributed by atoms with Gasteiger partial charge >= 0.3 is 0 Å². The quantitative estimate of drug-likeness (QED) is 0.147. The van der Waals surface area contributed by atoms with Crippen LogP contribution in [0.4, 0.5) is 0 Å². The SMILES string of the molecule is Cc1cc2c(cc1CC(C)(C)C)cc1c3c([n+](C)ccc32)-c2c(c(CC(C)(C)C)c3ccc(CC(C)(C)C)cc3c2C)S1. The summed E-state index contributed by atoms with van der Waals surface area (Å²) >= 11 is 2.02. The summed E-state index contributed by atoms with van der Waals surface area (Å²) in [6.45, 7) is 25.9. The van der Waals surface area contributed by atoms with Crippen LogP contribution in [0.5, 0.6) is 0 Å². The molecule has 0 radical (unpaired) electrons. The number of aryl methyl sites for hydroxylation is 3. The monoisotopic (exact) mass is 588 g/mol. The van der Waals surface area contributed by atoms with Crippen LogP contribution in [0.2, 0.25) is 0 Å². The molecule has 0 N–H and O–H groups in total. The van der Waals surface area contributed by atoms with Gasteiger partial charge in [-0.25, -0.2) is 4.57 Å². The Kier molecular flexibility index (Phi) is 7.09. The summed E-state index contributed by atoms with van der Waals surface area (Å²) in [5.74, 6) is 0. The summed E-state index contributed by atoms with van der Waals surface area (Å²) in [6, 6.07) is 17.1. The molecule has 0 aliphatic carbocycles. The predicted octanol–water partition coefficient (Wildman–Crippen LogP) is 11.5. The summed E-state index contributed by atoms with van der Waals surface area (Å²) in [4.78, 5) is 2.85. The first kappa shape index (κ1) is 30.2. The Bertz CT molecular complexity index is 1940. The molecule has 0 fully saturated rings. The Hall–Kier alpha value is -2.84. The molecule has 5 aromatic rings. The molecule has 0 saturated heterocycles. The van der Waals surface area contributed by atoms with E-state index in [4.69, 9.17) is 0 Å². The van der Waals surface area contributed by atoms with E-state index in [1.165, 1.54) is 81.2 Å². The van der Waals surface area contributed by atoms with Crippen LogP contribution in [0, 0.1) is 30.1 Å². The number of rotatable bonds is 3. The Labute approximate surface area is 264 Å². The lowest BCUT2D eigenvalue weighted by Crippen LogP contribution is -2.32. The summed E-state index contributed by atoms with van der Waals surface area (Å²) in [5.41, 5.74) is 10.7. The van der Waals surface area contributed by atoms with Crippen molar-refractivity contribution in [2.45, 2.75) is 105 Å². The van der Waals surface area contributed by atoms with Crippen molar-refractivity contribution in [1.82, 2.24) is 0 Å². The number of nitrogens with zero attached hydrogens (tertiary/aromatic N) is 1. The Morgan fingerprint density at radius 3 is 2.00 bits per heavy atom. The molecule has 2 heterocycles. The largest absolute Gasteiger partial charge is 0.222 e. The summed E-state index contributed by atoms with van der Waals surface area (Å²) in [6.07, 6.45) is 5.51. The normalized spacial score (nSPS) is 13.8. The van der Waals surface area contributed by atoms with Crippen molar-refractivity contribution in [2.24, 2.45) is 23.3 Å². The highest BCUT2D eigenvalue weighted by atomic mass is 32.2. The number of pyridine rings is 1. The molecule has 1 nitrogen and oxygen atoms in total. The lowest BCUT2D eigenvalue weighted by Gasteiger charge is -2.28. The van der Waals surface area contributed by atoms with Crippen molar-refractivity contribution >= 4 is 44.1 Å². The van der Waals surface area contributed by atoms with E-state index in [1.807, 2.05) is 11.8 Å². The van der Waals surface area contributed by atoms with Crippen LogP contribution in [0.15, 0.2) is 58.5 Å². The fourth-order valence-electron chi connectivity index (χ4n) is 7.28. The van der Waals surface area contributed by atoms with Gasteiger partial charge in [0.2, 0.25) is 5.69 Å². The highest BCUT2D eigenvalue weighted by molar-refractivity contribution is 8.00. The van der Waals surface area contributed by atoms with Crippen LogP contribution in [-0.4, -0.2) is 0 Å². The van der Waals surface area contributed by atoms with Gasteiger partial charge in [0.1, 0.15) is 7.05 Å². The molecule has 0 saturated carbocycles. The molecule has 0 bridgehead atoms. The van der Waals surface area contributed by atoms with Crippen molar-refractivity contribution in [1.29, 1.82) is 0 Å². The lowest BCUT2D eigenvalue weighted by atomic mass is 9.81. The molecule has 2 heteroatoms. The van der Waals surface area contributed by atoms with Crippen LogP contribution in [-0.2, 0) is 26.3 Å². The molecule has 0 atom stereocenters. The fourth-order valence-corrected chi connectivity index (χ4v) is 8.65. The fraction of sp³-hybridized carbons (Fsp3) is 0.439. The lowest BCUT2D eigenvalue weighted by molar-refractivity contribution is -0.659. The molecule has 6 rings (SSSR count). The first-order valence-corrected chi connectivity index (χ1v) is 16.9. The molecule has 1 aliphatic heterocycles. The van der Waals surface area contributed by atoms with Gasteiger partial charge in [0, 0.05) is 21.2 Å². The summed E-state index contributed by atoms with van der Waals surface area (Å²) in [7, 11) is 2.24. The van der Waals surface area contributed by atoms with Crippen molar-refractivity contribution in [3.05, 3.63) is 76.5 Å². The van der Waals surface area contributed by atoms with E-state index >= 15 is 0 Å². The number of benzene rings is 4. The Balaban J connectivity index is 1.70. The summed E-state index contributed by atoms with van der Waals surface area (Å²) < 4.78 is 2.38. The topological polar surface area (TPSA) is 3.88 Å². The first-order valence-electron chi connectivity index (χ1n) is 16.1. The smallest absolute Gasteiger partial charge is 0.200 e. The van der Waals surface area contributed by atoms with E-state index in [0.29, 0.717) is 0 Å². The molecule has 0 unspecified atom stereocenters. The van der Waals surface area contributed by atoms with Crippen molar-refractivity contribution in [2.75, 3.05) is 0 Å². The van der Waals surface area contributed by atoms with Crippen LogP contribution >= 0.6 is 11.8 Å². The number of hydrogen-bond acceptors (Lipinski definition) is 1. The molecule has 0 spiro atoms. The molecule has 0 amide bonds. The second-order valence-electron chi connectivity index (χ2n) is 16.9. The third-order valence-corrected chi connectivity index (χ3v) is 10.2. The minimum Gasteiger partial charge on any atom is -0.200 e. The van der Waals surface area contributed by atoms with E-state index in [2.05, 4.69) is 136 Å². The maximum absolute atomic E-state index is 2.50. The maximum atomic E-state index is 2.50. The second-order valence-corrected chi connectivity index (χ2v) is 18.0. The van der Waals surface area contributed by atoms with Crippen molar-refractivity contribution in [3.63, 3.8) is 0 Å². The zero-order chi connectivity index (χ0) is 31.2. The average molecular weight is 589 g/mol. The Morgan fingerprint density at radius 1 is 0.674 bits per heavy atom. The highest BCUT2D eigenvalue weighted by Gasteiger charge is 2.33. The minimum atomic E-state index is 0.178. The van der Waals surface area contributed by atoms with Crippen LogP contribution < -0.4 is 4.57 Å². The third-order valence-electron chi connectivity index (χ3n) is 8.96. The van der Waals surface area contributed by atoms with E-state index < -0.39 is 0 Å². The first-order chi connectivity index (χ1) is 19.9. The minimum absolute atomic E-state index is 0.178. The Morgan fingerprint density at radius 2 is 1.35 bits per heavy atom. The molecule has 1 aromatic heterocycles.